The highest BCUT2D eigenvalue weighted by Gasteiger charge is 2.15. The van der Waals surface area contributed by atoms with Crippen LogP contribution in [-0.4, -0.2) is 53.5 Å². The Hall–Kier alpha value is -1.67. The summed E-state index contributed by atoms with van der Waals surface area (Å²) in [6.07, 6.45) is 1.44. The average molecular weight is 299 g/mol. The summed E-state index contributed by atoms with van der Waals surface area (Å²) in [5.41, 5.74) is 0.410. The van der Waals surface area contributed by atoms with Gasteiger partial charge in [-0.1, -0.05) is 5.21 Å². The van der Waals surface area contributed by atoms with E-state index in [0.29, 0.717) is 32.8 Å². The Labute approximate surface area is 125 Å². The molecule has 1 amide bonds. The molecule has 1 heterocycles. The highest BCUT2D eigenvalue weighted by molar-refractivity contribution is 5.67. The minimum atomic E-state index is -0.483. The number of nitrogens with one attached hydrogen (secondary N) is 2. The van der Waals surface area contributed by atoms with Crippen LogP contribution >= 0.6 is 0 Å². The summed E-state index contributed by atoms with van der Waals surface area (Å²) >= 11 is 0. The van der Waals surface area contributed by atoms with E-state index in [4.69, 9.17) is 9.47 Å². The molecule has 0 aliphatic rings. The predicted molar refractivity (Wildman–Crippen MR) is 77.8 cm³/mol. The molecule has 0 spiro atoms. The normalized spacial score (nSPS) is 11.4. The molecule has 0 aromatic carbocycles. The van der Waals surface area contributed by atoms with Crippen LogP contribution in [0.1, 0.15) is 26.5 Å². The van der Waals surface area contributed by atoms with Gasteiger partial charge in [-0.3, -0.25) is 0 Å². The summed E-state index contributed by atoms with van der Waals surface area (Å²) in [4.78, 5) is 11.4. The minimum absolute atomic E-state index is 0.414. The van der Waals surface area contributed by atoms with Gasteiger partial charge in [-0.25, -0.2) is 9.48 Å². The van der Waals surface area contributed by atoms with E-state index in [1.54, 1.807) is 4.68 Å². The number of ether oxygens (including phenoxy) is 2. The van der Waals surface area contributed by atoms with E-state index < -0.39 is 11.7 Å². The molecule has 0 radical (unpaired) electrons. The zero-order chi connectivity index (χ0) is 15.7. The molecule has 0 aliphatic heterocycles. The molecule has 120 valence electrons. The van der Waals surface area contributed by atoms with Crippen molar-refractivity contribution in [3.63, 3.8) is 0 Å². The van der Waals surface area contributed by atoms with Gasteiger partial charge in [0.05, 0.1) is 25.5 Å². The Balaban J connectivity index is 2.05. The van der Waals surface area contributed by atoms with E-state index in [-0.39, 0.29) is 0 Å². The SMILES string of the molecule is CNCc1cn(CCOCCNC(=O)OC(C)(C)C)nn1. The van der Waals surface area contributed by atoms with Crippen molar-refractivity contribution in [1.82, 2.24) is 25.6 Å². The molecule has 0 fully saturated rings. The monoisotopic (exact) mass is 299 g/mol. The molecule has 21 heavy (non-hydrogen) atoms. The quantitative estimate of drug-likeness (QED) is 0.681. The van der Waals surface area contributed by atoms with Crippen LogP contribution in [0.3, 0.4) is 0 Å². The second-order valence-corrected chi connectivity index (χ2v) is 5.54. The Bertz CT molecular complexity index is 428. The molecular weight excluding hydrogens is 274 g/mol. The van der Waals surface area contributed by atoms with Gasteiger partial charge in [0.15, 0.2) is 0 Å². The maximum Gasteiger partial charge on any atom is 0.407 e. The van der Waals surface area contributed by atoms with Crippen LogP contribution in [0.2, 0.25) is 0 Å². The zero-order valence-electron chi connectivity index (χ0n) is 13.2. The first kappa shape index (κ1) is 17.4. The summed E-state index contributed by atoms with van der Waals surface area (Å²) in [5, 5.41) is 13.6. The van der Waals surface area contributed by atoms with Gasteiger partial charge >= 0.3 is 6.09 Å². The van der Waals surface area contributed by atoms with Crippen LogP contribution < -0.4 is 10.6 Å². The smallest absolute Gasteiger partial charge is 0.407 e. The molecule has 8 nitrogen and oxygen atoms in total. The third-order valence-electron chi connectivity index (χ3n) is 2.32. The number of carbonyl (C=O) groups is 1. The van der Waals surface area contributed by atoms with Crippen LogP contribution in [0.4, 0.5) is 4.79 Å². The van der Waals surface area contributed by atoms with Gasteiger partial charge in [-0.05, 0) is 27.8 Å². The average Bonchev–Trinajstić information content (AvgIpc) is 2.79. The van der Waals surface area contributed by atoms with E-state index in [1.807, 2.05) is 34.0 Å². The van der Waals surface area contributed by atoms with E-state index >= 15 is 0 Å². The van der Waals surface area contributed by atoms with Crippen LogP contribution in [0.15, 0.2) is 6.20 Å². The van der Waals surface area contributed by atoms with Gasteiger partial charge in [0.25, 0.3) is 0 Å². The van der Waals surface area contributed by atoms with Crippen molar-refractivity contribution in [1.29, 1.82) is 0 Å². The van der Waals surface area contributed by atoms with Crippen LogP contribution in [-0.2, 0) is 22.6 Å². The third-order valence-corrected chi connectivity index (χ3v) is 2.32. The molecule has 1 rings (SSSR count). The standard InChI is InChI=1S/C13H25N5O3/c1-13(2,3)21-12(19)15-5-7-20-8-6-18-10-11(9-14-4)16-17-18/h10,14H,5-9H2,1-4H3,(H,15,19). The Morgan fingerprint density at radius 3 is 2.81 bits per heavy atom. The number of aromatic nitrogens is 3. The number of amides is 1. The highest BCUT2D eigenvalue weighted by atomic mass is 16.6. The van der Waals surface area contributed by atoms with Gasteiger partial charge in [0, 0.05) is 19.3 Å². The fourth-order valence-electron chi connectivity index (χ4n) is 1.51. The van der Waals surface area contributed by atoms with Crippen molar-refractivity contribution in [3.8, 4) is 0 Å². The lowest BCUT2D eigenvalue weighted by Crippen LogP contribution is -2.34. The number of nitrogens with zero attached hydrogens (tertiary/aromatic N) is 3. The second kappa shape index (κ2) is 8.58. The van der Waals surface area contributed by atoms with Crippen LogP contribution in [0.25, 0.3) is 0 Å². The van der Waals surface area contributed by atoms with Gasteiger partial charge in [-0.15, -0.1) is 5.10 Å². The first-order chi connectivity index (χ1) is 9.90. The fraction of sp³-hybridized carbons (Fsp3) is 0.769. The summed E-state index contributed by atoms with van der Waals surface area (Å²) in [5.74, 6) is 0. The summed E-state index contributed by atoms with van der Waals surface area (Å²) < 4.78 is 12.2. The summed E-state index contributed by atoms with van der Waals surface area (Å²) in [7, 11) is 1.86. The Kier molecular flexibility index (Phi) is 7.10. The van der Waals surface area contributed by atoms with Gasteiger partial charge in [0.2, 0.25) is 0 Å². The summed E-state index contributed by atoms with van der Waals surface area (Å²) in [6.45, 7) is 8.15. The Morgan fingerprint density at radius 2 is 2.14 bits per heavy atom. The Morgan fingerprint density at radius 1 is 1.38 bits per heavy atom. The maximum absolute atomic E-state index is 11.4. The first-order valence-electron chi connectivity index (χ1n) is 6.99. The predicted octanol–water partition coefficient (Wildman–Crippen LogP) is 0.539. The van der Waals surface area contributed by atoms with Gasteiger partial charge < -0.3 is 20.1 Å². The molecule has 0 saturated heterocycles. The lowest BCUT2D eigenvalue weighted by Gasteiger charge is -2.19. The molecule has 0 aliphatic carbocycles. The number of alkyl carbamates (subject to hydrolysis) is 1. The molecule has 0 atom stereocenters. The molecule has 0 unspecified atom stereocenters. The molecule has 8 heteroatoms. The van der Waals surface area contributed by atoms with Crippen molar-refractivity contribution in [2.75, 3.05) is 26.8 Å². The number of hydrogen-bond acceptors (Lipinski definition) is 6. The first-order valence-corrected chi connectivity index (χ1v) is 6.99. The lowest BCUT2D eigenvalue weighted by atomic mass is 10.2. The largest absolute Gasteiger partial charge is 0.444 e. The van der Waals surface area contributed by atoms with Crippen molar-refractivity contribution in [2.45, 2.75) is 39.5 Å². The number of carbonyl (C=O) groups excluding carboxylic acids is 1. The molecule has 1 aromatic rings. The van der Waals surface area contributed by atoms with Crippen molar-refractivity contribution < 1.29 is 14.3 Å². The second-order valence-electron chi connectivity index (χ2n) is 5.54. The van der Waals surface area contributed by atoms with Crippen molar-refractivity contribution in [3.05, 3.63) is 11.9 Å². The van der Waals surface area contributed by atoms with E-state index in [1.165, 1.54) is 0 Å². The van der Waals surface area contributed by atoms with Crippen LogP contribution in [0.5, 0.6) is 0 Å². The number of rotatable bonds is 8. The van der Waals surface area contributed by atoms with Gasteiger partial charge in [0.1, 0.15) is 5.60 Å². The van der Waals surface area contributed by atoms with E-state index in [2.05, 4.69) is 20.9 Å². The van der Waals surface area contributed by atoms with Crippen molar-refractivity contribution in [2.24, 2.45) is 0 Å². The molecule has 1 aromatic heterocycles. The van der Waals surface area contributed by atoms with Crippen LogP contribution in [0, 0.1) is 0 Å². The van der Waals surface area contributed by atoms with E-state index in [0.717, 1.165) is 5.69 Å². The molecule has 0 bridgehead atoms. The van der Waals surface area contributed by atoms with Crippen molar-refractivity contribution >= 4 is 6.09 Å². The van der Waals surface area contributed by atoms with E-state index in [9.17, 15) is 4.79 Å². The number of hydrogen-bond donors (Lipinski definition) is 2. The zero-order valence-corrected chi connectivity index (χ0v) is 13.2. The van der Waals surface area contributed by atoms with Gasteiger partial charge in [-0.2, -0.15) is 0 Å². The topological polar surface area (TPSA) is 90.3 Å². The summed E-state index contributed by atoms with van der Waals surface area (Å²) in [6, 6.07) is 0. The highest BCUT2D eigenvalue weighted by Crippen LogP contribution is 2.05. The minimum Gasteiger partial charge on any atom is -0.444 e. The third kappa shape index (κ3) is 8.26. The fourth-order valence-corrected chi connectivity index (χ4v) is 1.51. The lowest BCUT2D eigenvalue weighted by molar-refractivity contribution is 0.0496. The molecule has 0 saturated carbocycles. The molecule has 2 N–H and O–H groups in total. The molecular formula is C13H25N5O3. The maximum atomic E-state index is 11.4.